The van der Waals surface area contributed by atoms with E-state index in [1.165, 1.54) is 15.5 Å². The van der Waals surface area contributed by atoms with Crippen molar-refractivity contribution in [2.75, 3.05) is 18.2 Å². The maximum atomic E-state index is 13.4. The number of carboxylic acids is 1. The van der Waals surface area contributed by atoms with Gasteiger partial charge in [-0.15, -0.1) is 0 Å². The van der Waals surface area contributed by atoms with Crippen molar-refractivity contribution in [3.05, 3.63) is 65.7 Å². The van der Waals surface area contributed by atoms with Crippen molar-refractivity contribution in [3.63, 3.8) is 0 Å². The van der Waals surface area contributed by atoms with Crippen molar-refractivity contribution in [1.29, 1.82) is 0 Å². The van der Waals surface area contributed by atoms with E-state index < -0.39 is 18.0 Å². The highest BCUT2D eigenvalue weighted by atomic mass is 16.7. The largest absolute Gasteiger partial charge is 0.494 e. The zero-order valence-electron chi connectivity index (χ0n) is 19.9. The number of ether oxygens (including phenoxy) is 2. The summed E-state index contributed by atoms with van der Waals surface area (Å²) in [5, 5.41) is 33.7. The molecule has 10 nitrogen and oxygen atoms in total. The Labute approximate surface area is 208 Å². The molecule has 0 unspecified atom stereocenters. The molecule has 4 N–H and O–H groups in total. The van der Waals surface area contributed by atoms with Crippen LogP contribution in [0.1, 0.15) is 43.4 Å². The van der Waals surface area contributed by atoms with E-state index in [0.717, 1.165) is 12.0 Å². The van der Waals surface area contributed by atoms with Crippen molar-refractivity contribution in [3.8, 4) is 23.3 Å². The van der Waals surface area contributed by atoms with Gasteiger partial charge in [-0.2, -0.15) is 0 Å². The minimum Gasteiger partial charge on any atom is -0.494 e. The Morgan fingerprint density at radius 2 is 1.83 bits per heavy atom. The van der Waals surface area contributed by atoms with E-state index in [4.69, 9.17) is 9.47 Å². The number of carboxylic acid groups (broad SMARTS) is 1. The number of fused-ring (bicyclic) bond motifs is 1. The average Bonchev–Trinajstić information content (AvgIpc) is 3.44. The van der Waals surface area contributed by atoms with Crippen LogP contribution in [-0.4, -0.2) is 45.2 Å². The van der Waals surface area contributed by atoms with E-state index in [1.807, 2.05) is 37.3 Å². The number of anilines is 1. The predicted octanol–water partition coefficient (Wildman–Crippen LogP) is 4.21. The Morgan fingerprint density at radius 3 is 2.56 bits per heavy atom. The summed E-state index contributed by atoms with van der Waals surface area (Å²) < 4.78 is 12.0. The first-order chi connectivity index (χ1) is 17.4. The summed E-state index contributed by atoms with van der Waals surface area (Å²) in [4.78, 5) is 26.4. The van der Waals surface area contributed by atoms with Gasteiger partial charge in [-0.25, -0.2) is 4.79 Å². The number of rotatable bonds is 10. The van der Waals surface area contributed by atoms with Crippen LogP contribution >= 0.6 is 0 Å². The lowest BCUT2D eigenvalue weighted by atomic mass is 10.0. The zero-order valence-corrected chi connectivity index (χ0v) is 19.9. The second kappa shape index (κ2) is 10.9. The van der Waals surface area contributed by atoms with Crippen molar-refractivity contribution in [2.24, 2.45) is 0 Å². The summed E-state index contributed by atoms with van der Waals surface area (Å²) in [6.07, 6.45) is 1.05. The highest BCUT2D eigenvalue weighted by molar-refractivity contribution is 5.94. The monoisotopic (exact) mass is 495 g/mol. The first kappa shape index (κ1) is 24.8. The molecular formula is C26H29N3O7. The molecule has 2 aromatic carbocycles. The van der Waals surface area contributed by atoms with Crippen LogP contribution in [0.2, 0.25) is 0 Å². The minimum absolute atomic E-state index is 0.0717. The highest BCUT2D eigenvalue weighted by Gasteiger charge is 2.28. The molecule has 2 heterocycles. The summed E-state index contributed by atoms with van der Waals surface area (Å²) in [6, 6.07) is 14.2. The lowest BCUT2D eigenvalue weighted by Gasteiger charge is -2.26. The number of benzene rings is 2. The van der Waals surface area contributed by atoms with E-state index in [1.54, 1.807) is 18.2 Å². The molecule has 0 bridgehead atoms. The molecule has 1 aromatic heterocycles. The quantitative estimate of drug-likeness (QED) is 0.331. The zero-order chi connectivity index (χ0) is 25.7. The second-order valence-electron chi connectivity index (χ2n) is 8.50. The number of nitrogens with zero attached hydrogens (tertiary/aromatic N) is 2. The molecule has 4 rings (SSSR count). The van der Waals surface area contributed by atoms with E-state index >= 15 is 0 Å². The van der Waals surface area contributed by atoms with E-state index in [-0.39, 0.29) is 43.8 Å². The van der Waals surface area contributed by atoms with E-state index in [2.05, 4.69) is 5.32 Å². The number of unbranched alkanes of at least 4 members (excludes halogenated alkanes) is 1. The smallest absolute Gasteiger partial charge is 0.322 e. The van der Waals surface area contributed by atoms with Crippen LogP contribution in [0.15, 0.2) is 54.6 Å². The number of aromatic nitrogens is 1. The van der Waals surface area contributed by atoms with Gasteiger partial charge in [-0.3, -0.25) is 14.3 Å². The number of hydrogen-bond donors (Lipinski definition) is 4. The van der Waals surface area contributed by atoms with Gasteiger partial charge in [0.15, 0.2) is 17.4 Å². The van der Waals surface area contributed by atoms with Crippen LogP contribution in [0.4, 0.5) is 10.5 Å². The minimum atomic E-state index is -1.09. The maximum absolute atomic E-state index is 13.4. The third-order valence-corrected chi connectivity index (χ3v) is 5.96. The maximum Gasteiger partial charge on any atom is 0.322 e. The summed E-state index contributed by atoms with van der Waals surface area (Å²) in [5.74, 6) is -0.532. The molecule has 1 atom stereocenters. The predicted molar refractivity (Wildman–Crippen MR) is 132 cm³/mol. The van der Waals surface area contributed by atoms with Gasteiger partial charge in [0.25, 0.3) is 0 Å². The second-order valence-corrected chi connectivity index (χ2v) is 8.50. The van der Waals surface area contributed by atoms with Gasteiger partial charge in [0.2, 0.25) is 12.7 Å². The Morgan fingerprint density at radius 1 is 1.08 bits per heavy atom. The molecule has 1 aliphatic rings. The van der Waals surface area contributed by atoms with Gasteiger partial charge in [0.05, 0.1) is 19.0 Å². The standard InChI is InChI=1S/C26H29N3O7/c1-2-3-11-28(20-14-23(30)29(25(20)33)15-17-7-5-4-6-8-17)26(34)27-19(13-24(31)32)18-9-10-21-22(12-18)36-16-35-21/h4-10,12,14,19,30,33H,2-3,11,13,15-16H2,1H3,(H,27,34)(H,31,32)/t19-/m0/s1. The van der Waals surface area contributed by atoms with Crippen LogP contribution in [0.5, 0.6) is 23.3 Å². The number of carbonyl (C=O) groups is 2. The first-order valence-electron chi connectivity index (χ1n) is 11.7. The molecule has 3 aromatic rings. The van der Waals surface area contributed by atoms with Gasteiger partial charge in [-0.05, 0) is 29.7 Å². The SMILES string of the molecule is CCCCN(C(=O)N[C@@H](CC(=O)O)c1ccc2c(c1)OCO2)c1cc(O)n(Cc2ccccc2)c1O. The van der Waals surface area contributed by atoms with Crippen LogP contribution in [-0.2, 0) is 11.3 Å². The van der Waals surface area contributed by atoms with Crippen molar-refractivity contribution in [2.45, 2.75) is 38.8 Å². The summed E-state index contributed by atoms with van der Waals surface area (Å²) in [6.45, 7) is 2.50. The summed E-state index contributed by atoms with van der Waals surface area (Å²) in [7, 11) is 0. The molecule has 0 aliphatic carbocycles. The van der Waals surface area contributed by atoms with Gasteiger partial charge >= 0.3 is 12.0 Å². The topological polar surface area (TPSA) is 133 Å². The fourth-order valence-corrected chi connectivity index (χ4v) is 4.06. The third kappa shape index (κ3) is 5.48. The van der Waals surface area contributed by atoms with Crippen LogP contribution in [0.3, 0.4) is 0 Å². The lowest BCUT2D eigenvalue weighted by molar-refractivity contribution is -0.137. The number of carbonyl (C=O) groups excluding carboxylic acids is 1. The molecular weight excluding hydrogens is 466 g/mol. The highest BCUT2D eigenvalue weighted by Crippen LogP contribution is 2.37. The number of aromatic hydroxyl groups is 2. The molecule has 0 fully saturated rings. The average molecular weight is 496 g/mol. The molecule has 10 heteroatoms. The molecule has 0 saturated carbocycles. The molecule has 2 amide bonds. The Balaban J connectivity index is 1.61. The summed E-state index contributed by atoms with van der Waals surface area (Å²) in [5.41, 5.74) is 1.53. The Hall–Kier alpha value is -4.34. The normalized spacial score (nSPS) is 12.8. The number of hydrogen-bond acceptors (Lipinski definition) is 6. The van der Waals surface area contributed by atoms with Gasteiger partial charge in [0, 0.05) is 12.6 Å². The fourth-order valence-electron chi connectivity index (χ4n) is 4.06. The lowest BCUT2D eigenvalue weighted by Crippen LogP contribution is -2.42. The molecule has 1 aliphatic heterocycles. The number of nitrogens with one attached hydrogen (secondary N) is 1. The third-order valence-electron chi connectivity index (χ3n) is 5.96. The van der Waals surface area contributed by atoms with Gasteiger partial charge in [-0.1, -0.05) is 49.7 Å². The van der Waals surface area contributed by atoms with Gasteiger partial charge in [0.1, 0.15) is 5.69 Å². The van der Waals surface area contributed by atoms with Crippen molar-refractivity contribution >= 4 is 17.7 Å². The molecule has 0 radical (unpaired) electrons. The van der Waals surface area contributed by atoms with Gasteiger partial charge < -0.3 is 30.1 Å². The van der Waals surface area contributed by atoms with Crippen LogP contribution in [0, 0.1) is 0 Å². The number of amides is 2. The van der Waals surface area contributed by atoms with Crippen LogP contribution in [0.25, 0.3) is 0 Å². The Bertz CT molecular complexity index is 1230. The number of urea groups is 1. The molecule has 0 saturated heterocycles. The fraction of sp³-hybridized carbons (Fsp3) is 0.308. The summed E-state index contributed by atoms with van der Waals surface area (Å²) >= 11 is 0. The first-order valence-corrected chi connectivity index (χ1v) is 11.7. The van der Waals surface area contributed by atoms with E-state index in [9.17, 15) is 24.9 Å². The Kier molecular flexibility index (Phi) is 7.53. The van der Waals surface area contributed by atoms with Crippen LogP contribution < -0.4 is 19.7 Å². The van der Waals surface area contributed by atoms with Crippen molar-refractivity contribution in [1.82, 2.24) is 9.88 Å². The number of aliphatic carboxylic acids is 1. The molecule has 36 heavy (non-hydrogen) atoms. The molecule has 0 spiro atoms. The van der Waals surface area contributed by atoms with Crippen molar-refractivity contribution < 1.29 is 34.4 Å². The molecule has 190 valence electrons. The van der Waals surface area contributed by atoms with E-state index in [0.29, 0.717) is 23.5 Å².